The predicted molar refractivity (Wildman–Crippen MR) is 106 cm³/mol. The van der Waals surface area contributed by atoms with E-state index in [1.807, 2.05) is 12.1 Å². The number of nitrogens with zero attached hydrogens (tertiary/aromatic N) is 3. The number of nitro benzene ring substituents is 1. The molecule has 0 amide bonds. The number of ether oxygens (including phenoxy) is 1. The molecule has 8 heteroatoms. The molecule has 144 valence electrons. The van der Waals surface area contributed by atoms with Gasteiger partial charge in [-0.15, -0.1) is 0 Å². The third-order valence-electron chi connectivity index (χ3n) is 5.47. The normalized spacial score (nSPS) is 19.6. The Labute approximate surface area is 161 Å². The van der Waals surface area contributed by atoms with Gasteiger partial charge in [0.2, 0.25) is 5.89 Å². The number of rotatable bonds is 3. The molecule has 1 aromatic heterocycles. The van der Waals surface area contributed by atoms with Gasteiger partial charge < -0.3 is 19.4 Å². The van der Waals surface area contributed by atoms with Crippen LogP contribution in [0.25, 0.3) is 22.6 Å². The van der Waals surface area contributed by atoms with Gasteiger partial charge in [0.1, 0.15) is 5.52 Å². The molecule has 2 aromatic carbocycles. The van der Waals surface area contributed by atoms with Gasteiger partial charge in [-0.05, 0) is 44.0 Å². The molecule has 1 unspecified atom stereocenters. The third-order valence-corrected chi connectivity index (χ3v) is 5.47. The number of nitrogens with one attached hydrogen (secondary N) is 1. The van der Waals surface area contributed by atoms with E-state index >= 15 is 0 Å². The zero-order chi connectivity index (χ0) is 19.3. The smallest absolute Gasteiger partial charge is 0.271 e. The molecular weight excluding hydrogens is 360 g/mol. The molecule has 2 aliphatic heterocycles. The number of fused-ring (bicyclic) bond motifs is 2. The van der Waals surface area contributed by atoms with Crippen molar-refractivity contribution in [3.05, 3.63) is 46.5 Å². The molecule has 2 aliphatic rings. The fourth-order valence-electron chi connectivity index (χ4n) is 4.14. The molecule has 0 spiro atoms. The summed E-state index contributed by atoms with van der Waals surface area (Å²) in [5.74, 6) is 0.456. The number of oxazole rings is 1. The summed E-state index contributed by atoms with van der Waals surface area (Å²) >= 11 is 0. The van der Waals surface area contributed by atoms with Gasteiger partial charge in [-0.1, -0.05) is 0 Å². The van der Waals surface area contributed by atoms with Crippen LogP contribution in [0.2, 0.25) is 0 Å². The average molecular weight is 380 g/mol. The lowest BCUT2D eigenvalue weighted by molar-refractivity contribution is -0.384. The van der Waals surface area contributed by atoms with Gasteiger partial charge in [0.15, 0.2) is 5.58 Å². The second kappa shape index (κ2) is 6.49. The van der Waals surface area contributed by atoms with Crippen LogP contribution in [-0.4, -0.2) is 35.3 Å². The number of hydrogen-bond acceptors (Lipinski definition) is 7. The van der Waals surface area contributed by atoms with E-state index in [-0.39, 0.29) is 11.9 Å². The number of benzene rings is 2. The first-order valence-electron chi connectivity index (χ1n) is 9.42. The van der Waals surface area contributed by atoms with E-state index in [4.69, 9.17) is 9.15 Å². The molecule has 1 saturated heterocycles. The maximum absolute atomic E-state index is 11.0. The van der Waals surface area contributed by atoms with E-state index in [2.05, 4.69) is 28.2 Å². The zero-order valence-corrected chi connectivity index (χ0v) is 15.4. The van der Waals surface area contributed by atoms with Gasteiger partial charge in [0.25, 0.3) is 5.69 Å². The molecule has 28 heavy (non-hydrogen) atoms. The lowest BCUT2D eigenvalue weighted by Crippen LogP contribution is -2.44. The minimum Gasteiger partial charge on any atom is -0.436 e. The summed E-state index contributed by atoms with van der Waals surface area (Å²) in [5.41, 5.74) is 4.08. The van der Waals surface area contributed by atoms with Crippen molar-refractivity contribution in [2.45, 2.75) is 32.0 Å². The molecule has 0 aliphatic carbocycles. The van der Waals surface area contributed by atoms with Crippen LogP contribution in [0.4, 0.5) is 17.1 Å². The van der Waals surface area contributed by atoms with Gasteiger partial charge in [0, 0.05) is 37.0 Å². The molecule has 0 bridgehead atoms. The molecule has 1 N–H and O–H groups in total. The summed E-state index contributed by atoms with van der Waals surface area (Å²) in [4.78, 5) is 17.4. The first-order chi connectivity index (χ1) is 13.6. The topological polar surface area (TPSA) is 93.7 Å². The molecule has 8 nitrogen and oxygen atoms in total. The Hall–Kier alpha value is -3.13. The second-order valence-electron chi connectivity index (χ2n) is 7.23. The van der Waals surface area contributed by atoms with Crippen molar-refractivity contribution in [1.82, 2.24) is 4.98 Å². The van der Waals surface area contributed by atoms with Gasteiger partial charge in [-0.25, -0.2) is 4.98 Å². The Kier molecular flexibility index (Phi) is 3.94. The Morgan fingerprint density at radius 3 is 2.82 bits per heavy atom. The fraction of sp³-hybridized carbons (Fsp3) is 0.350. The summed E-state index contributed by atoms with van der Waals surface area (Å²) in [6, 6.07) is 11.0. The maximum atomic E-state index is 11.0. The van der Waals surface area contributed by atoms with Crippen LogP contribution >= 0.6 is 0 Å². The van der Waals surface area contributed by atoms with Crippen molar-refractivity contribution in [2.75, 3.05) is 23.4 Å². The molecule has 3 aromatic rings. The van der Waals surface area contributed by atoms with Crippen LogP contribution in [0.15, 0.2) is 40.8 Å². The van der Waals surface area contributed by atoms with Crippen LogP contribution in [0.5, 0.6) is 0 Å². The summed E-state index contributed by atoms with van der Waals surface area (Å²) in [6.45, 7) is 3.76. The zero-order valence-electron chi connectivity index (χ0n) is 15.4. The average Bonchev–Trinajstić information content (AvgIpc) is 3.27. The van der Waals surface area contributed by atoms with Gasteiger partial charge in [-0.2, -0.15) is 0 Å². The lowest BCUT2D eigenvalue weighted by Gasteiger charge is -2.35. The van der Waals surface area contributed by atoms with E-state index < -0.39 is 4.92 Å². The molecule has 0 radical (unpaired) electrons. The Morgan fingerprint density at radius 1 is 1.21 bits per heavy atom. The molecule has 1 atom stereocenters. The number of aromatic nitrogens is 1. The SMILES string of the molecule is CC1Nc2cc(-c3nc4cc([N+](=O)[O-])ccc4o3)ccc2N1C1CCOCC1. The summed E-state index contributed by atoms with van der Waals surface area (Å²) in [5, 5.41) is 14.5. The highest BCUT2D eigenvalue weighted by Crippen LogP contribution is 2.40. The van der Waals surface area contributed by atoms with E-state index in [0.717, 1.165) is 37.3 Å². The number of anilines is 2. The fourth-order valence-corrected chi connectivity index (χ4v) is 4.14. The van der Waals surface area contributed by atoms with Crippen LogP contribution in [0, 0.1) is 10.1 Å². The monoisotopic (exact) mass is 380 g/mol. The minimum atomic E-state index is -0.431. The number of hydrogen-bond donors (Lipinski definition) is 1. The van der Waals surface area contributed by atoms with Crippen molar-refractivity contribution in [3.63, 3.8) is 0 Å². The highest BCUT2D eigenvalue weighted by molar-refractivity contribution is 5.83. The lowest BCUT2D eigenvalue weighted by atomic mass is 10.1. The van der Waals surface area contributed by atoms with Crippen molar-refractivity contribution in [2.24, 2.45) is 0 Å². The highest BCUT2D eigenvalue weighted by atomic mass is 16.6. The molecule has 0 saturated carbocycles. The highest BCUT2D eigenvalue weighted by Gasteiger charge is 2.32. The largest absolute Gasteiger partial charge is 0.436 e. The van der Waals surface area contributed by atoms with Crippen LogP contribution in [0.1, 0.15) is 19.8 Å². The van der Waals surface area contributed by atoms with Gasteiger partial charge in [-0.3, -0.25) is 10.1 Å². The predicted octanol–water partition coefficient (Wildman–Crippen LogP) is 4.16. The Balaban J connectivity index is 1.49. The maximum Gasteiger partial charge on any atom is 0.271 e. The third kappa shape index (κ3) is 2.77. The van der Waals surface area contributed by atoms with Crippen LogP contribution in [-0.2, 0) is 4.74 Å². The first-order valence-corrected chi connectivity index (χ1v) is 9.42. The first kappa shape index (κ1) is 17.0. The quantitative estimate of drug-likeness (QED) is 0.538. The van der Waals surface area contributed by atoms with Crippen molar-refractivity contribution >= 4 is 28.2 Å². The van der Waals surface area contributed by atoms with Crippen molar-refractivity contribution in [1.29, 1.82) is 0 Å². The molecule has 3 heterocycles. The second-order valence-corrected chi connectivity index (χ2v) is 7.23. The van der Waals surface area contributed by atoms with Crippen molar-refractivity contribution < 1.29 is 14.1 Å². The van der Waals surface area contributed by atoms with Gasteiger partial charge >= 0.3 is 0 Å². The van der Waals surface area contributed by atoms with Crippen molar-refractivity contribution in [3.8, 4) is 11.5 Å². The van der Waals surface area contributed by atoms with E-state index in [1.165, 1.54) is 17.8 Å². The van der Waals surface area contributed by atoms with E-state index in [1.54, 1.807) is 6.07 Å². The number of nitro groups is 1. The van der Waals surface area contributed by atoms with E-state index in [0.29, 0.717) is 23.0 Å². The summed E-state index contributed by atoms with van der Waals surface area (Å²) in [7, 11) is 0. The molecular formula is C20H20N4O4. The molecule has 1 fully saturated rings. The standard InChI is InChI=1S/C20H20N4O4/c1-12-21-16-10-13(2-4-18(16)23(12)14-6-8-27-9-7-14)20-22-17-11-15(24(25)26)3-5-19(17)28-20/h2-5,10-12,14,21H,6-9H2,1H3. The summed E-state index contributed by atoms with van der Waals surface area (Å²) < 4.78 is 11.3. The Bertz CT molecular complexity index is 1060. The molecule has 5 rings (SSSR count). The van der Waals surface area contributed by atoms with Crippen LogP contribution < -0.4 is 10.2 Å². The van der Waals surface area contributed by atoms with Crippen LogP contribution in [0.3, 0.4) is 0 Å². The number of non-ortho nitro benzene ring substituents is 1. The summed E-state index contributed by atoms with van der Waals surface area (Å²) in [6.07, 6.45) is 2.26. The van der Waals surface area contributed by atoms with Gasteiger partial charge in [0.05, 0.1) is 22.5 Å². The Morgan fingerprint density at radius 2 is 2.04 bits per heavy atom. The van der Waals surface area contributed by atoms with E-state index in [9.17, 15) is 10.1 Å². The minimum absolute atomic E-state index is 0.00361.